The van der Waals surface area contributed by atoms with Crippen molar-refractivity contribution >= 4 is 11.5 Å². The summed E-state index contributed by atoms with van der Waals surface area (Å²) in [5.74, 6) is 0.839. The van der Waals surface area contributed by atoms with Gasteiger partial charge in [0.05, 0.1) is 5.56 Å². The fourth-order valence-corrected chi connectivity index (χ4v) is 1.66. The molecule has 0 saturated heterocycles. The molecule has 2 N–H and O–H groups in total. The summed E-state index contributed by atoms with van der Waals surface area (Å²) >= 11 is 0. The predicted octanol–water partition coefficient (Wildman–Crippen LogP) is 2.17. The number of aromatic nitrogens is 1. The second-order valence-electron chi connectivity index (χ2n) is 4.11. The molecule has 0 amide bonds. The van der Waals surface area contributed by atoms with Gasteiger partial charge in [-0.2, -0.15) is 5.26 Å². The molecule has 0 aliphatic carbocycles. The number of rotatable bonds is 3. The van der Waals surface area contributed by atoms with Crippen LogP contribution in [0.25, 0.3) is 0 Å². The number of pyridine rings is 1. The van der Waals surface area contributed by atoms with Gasteiger partial charge in [0.2, 0.25) is 0 Å². The highest BCUT2D eigenvalue weighted by Crippen LogP contribution is 2.14. The number of nitrogen functional groups attached to an aromatic ring is 1. The van der Waals surface area contributed by atoms with Crippen LogP contribution in [0.1, 0.15) is 11.1 Å². The van der Waals surface area contributed by atoms with Crippen molar-refractivity contribution in [3.8, 4) is 6.07 Å². The van der Waals surface area contributed by atoms with Gasteiger partial charge in [-0.1, -0.05) is 12.1 Å². The highest BCUT2D eigenvalue weighted by Gasteiger charge is 2.03. The molecule has 0 spiro atoms. The summed E-state index contributed by atoms with van der Waals surface area (Å²) in [6.45, 7) is 0.749. The zero-order valence-corrected chi connectivity index (χ0v) is 10.2. The number of benzene rings is 1. The highest BCUT2D eigenvalue weighted by molar-refractivity contribution is 5.44. The molecule has 1 heterocycles. The molecule has 1 aromatic heterocycles. The van der Waals surface area contributed by atoms with Crippen molar-refractivity contribution in [1.29, 1.82) is 5.26 Å². The molecule has 0 unspecified atom stereocenters. The van der Waals surface area contributed by atoms with E-state index in [0.29, 0.717) is 5.56 Å². The SMILES string of the molecule is CN(Cc1ccc(N)cc1)c1ccc(C#N)cn1. The van der Waals surface area contributed by atoms with Crippen LogP contribution in [0.3, 0.4) is 0 Å². The number of nitrogens with zero attached hydrogens (tertiary/aromatic N) is 3. The topological polar surface area (TPSA) is 65.9 Å². The van der Waals surface area contributed by atoms with Gasteiger partial charge in [-0.15, -0.1) is 0 Å². The Morgan fingerprint density at radius 3 is 2.50 bits per heavy atom. The van der Waals surface area contributed by atoms with Crippen molar-refractivity contribution in [1.82, 2.24) is 4.98 Å². The van der Waals surface area contributed by atoms with Crippen LogP contribution in [0, 0.1) is 11.3 Å². The average molecular weight is 238 g/mol. The lowest BCUT2D eigenvalue weighted by molar-refractivity contribution is 0.898. The highest BCUT2D eigenvalue weighted by atomic mass is 15.2. The van der Waals surface area contributed by atoms with E-state index < -0.39 is 0 Å². The molecule has 4 heteroatoms. The molecular formula is C14H14N4. The van der Waals surface area contributed by atoms with E-state index in [0.717, 1.165) is 23.6 Å². The molecule has 18 heavy (non-hydrogen) atoms. The second kappa shape index (κ2) is 5.19. The Hall–Kier alpha value is -2.54. The Morgan fingerprint density at radius 1 is 1.22 bits per heavy atom. The summed E-state index contributed by atoms with van der Waals surface area (Å²) in [5.41, 5.74) is 8.14. The van der Waals surface area contributed by atoms with E-state index in [9.17, 15) is 0 Å². The molecule has 0 bridgehead atoms. The predicted molar refractivity (Wildman–Crippen MR) is 71.9 cm³/mol. The van der Waals surface area contributed by atoms with E-state index >= 15 is 0 Å². The average Bonchev–Trinajstić information content (AvgIpc) is 2.41. The maximum Gasteiger partial charge on any atom is 0.128 e. The number of nitrogens with two attached hydrogens (primary N) is 1. The van der Waals surface area contributed by atoms with Gasteiger partial charge in [0.1, 0.15) is 11.9 Å². The standard InChI is InChI=1S/C14H14N4/c1-18(10-11-2-5-13(16)6-3-11)14-7-4-12(8-15)9-17-14/h2-7,9H,10,16H2,1H3. The van der Waals surface area contributed by atoms with Gasteiger partial charge in [-0.25, -0.2) is 4.98 Å². The van der Waals surface area contributed by atoms with Crippen LogP contribution in [0.15, 0.2) is 42.6 Å². The molecule has 2 rings (SSSR count). The third-order valence-corrected chi connectivity index (χ3v) is 2.67. The van der Waals surface area contributed by atoms with Crippen LogP contribution < -0.4 is 10.6 Å². The van der Waals surface area contributed by atoms with E-state index in [1.54, 1.807) is 12.3 Å². The lowest BCUT2D eigenvalue weighted by Gasteiger charge is -2.18. The fourth-order valence-electron chi connectivity index (χ4n) is 1.66. The number of hydrogen-bond donors (Lipinski definition) is 1. The van der Waals surface area contributed by atoms with Crippen LogP contribution in [-0.4, -0.2) is 12.0 Å². The molecular weight excluding hydrogens is 224 g/mol. The maximum atomic E-state index is 8.71. The van der Waals surface area contributed by atoms with Crippen molar-refractivity contribution in [3.63, 3.8) is 0 Å². The third-order valence-electron chi connectivity index (χ3n) is 2.67. The van der Waals surface area contributed by atoms with Gasteiger partial charge >= 0.3 is 0 Å². The van der Waals surface area contributed by atoms with Gasteiger partial charge in [-0.3, -0.25) is 0 Å². The second-order valence-corrected chi connectivity index (χ2v) is 4.11. The van der Waals surface area contributed by atoms with E-state index in [1.807, 2.05) is 42.3 Å². The summed E-state index contributed by atoms with van der Waals surface area (Å²) in [7, 11) is 1.96. The first-order valence-corrected chi connectivity index (χ1v) is 5.61. The quantitative estimate of drug-likeness (QED) is 0.832. The summed E-state index contributed by atoms with van der Waals surface area (Å²) < 4.78 is 0. The molecule has 0 fully saturated rings. The fraction of sp³-hybridized carbons (Fsp3) is 0.143. The van der Waals surface area contributed by atoms with Gasteiger partial charge in [0, 0.05) is 25.5 Å². The molecule has 90 valence electrons. The first-order chi connectivity index (χ1) is 8.69. The van der Waals surface area contributed by atoms with Crippen LogP contribution in [0.4, 0.5) is 11.5 Å². The van der Waals surface area contributed by atoms with Crippen molar-refractivity contribution in [2.45, 2.75) is 6.54 Å². The molecule has 0 radical (unpaired) electrons. The first kappa shape index (κ1) is 11.9. The molecule has 1 aromatic carbocycles. The smallest absolute Gasteiger partial charge is 0.128 e. The van der Waals surface area contributed by atoms with Gasteiger partial charge in [0.15, 0.2) is 0 Å². The van der Waals surface area contributed by atoms with E-state index in [2.05, 4.69) is 11.1 Å². The summed E-state index contributed by atoms with van der Waals surface area (Å²) in [6.07, 6.45) is 1.58. The Morgan fingerprint density at radius 2 is 1.94 bits per heavy atom. The largest absolute Gasteiger partial charge is 0.399 e. The van der Waals surface area contributed by atoms with E-state index in [1.165, 1.54) is 0 Å². The lowest BCUT2D eigenvalue weighted by Crippen LogP contribution is -2.17. The van der Waals surface area contributed by atoms with E-state index in [4.69, 9.17) is 11.0 Å². The normalized spacial score (nSPS) is 9.78. The molecule has 0 aliphatic heterocycles. The molecule has 4 nitrogen and oxygen atoms in total. The van der Waals surface area contributed by atoms with Crippen molar-refractivity contribution in [3.05, 3.63) is 53.7 Å². The summed E-state index contributed by atoms with van der Waals surface area (Å²) in [6, 6.07) is 13.4. The Balaban J connectivity index is 2.09. The summed E-state index contributed by atoms with van der Waals surface area (Å²) in [5, 5.41) is 8.71. The Bertz CT molecular complexity index is 552. The van der Waals surface area contributed by atoms with Crippen LogP contribution >= 0.6 is 0 Å². The van der Waals surface area contributed by atoms with Crippen LogP contribution in [0.2, 0.25) is 0 Å². The molecule has 0 aliphatic rings. The molecule has 2 aromatic rings. The summed E-state index contributed by atoms with van der Waals surface area (Å²) in [4.78, 5) is 6.26. The minimum Gasteiger partial charge on any atom is -0.399 e. The van der Waals surface area contributed by atoms with Crippen LogP contribution in [-0.2, 0) is 6.54 Å². The van der Waals surface area contributed by atoms with Crippen molar-refractivity contribution < 1.29 is 0 Å². The minimum atomic E-state index is 0.569. The minimum absolute atomic E-state index is 0.569. The molecule has 0 atom stereocenters. The van der Waals surface area contributed by atoms with Crippen LogP contribution in [0.5, 0.6) is 0 Å². The monoisotopic (exact) mass is 238 g/mol. The number of hydrogen-bond acceptors (Lipinski definition) is 4. The van der Waals surface area contributed by atoms with E-state index in [-0.39, 0.29) is 0 Å². The first-order valence-electron chi connectivity index (χ1n) is 5.61. The number of nitriles is 1. The zero-order valence-electron chi connectivity index (χ0n) is 10.2. The Kier molecular flexibility index (Phi) is 3.44. The van der Waals surface area contributed by atoms with Crippen molar-refractivity contribution in [2.75, 3.05) is 17.7 Å². The van der Waals surface area contributed by atoms with Crippen molar-refractivity contribution in [2.24, 2.45) is 0 Å². The van der Waals surface area contributed by atoms with Gasteiger partial charge < -0.3 is 10.6 Å². The lowest BCUT2D eigenvalue weighted by atomic mass is 10.2. The third kappa shape index (κ3) is 2.77. The maximum absolute atomic E-state index is 8.71. The number of anilines is 2. The van der Waals surface area contributed by atoms with Gasteiger partial charge in [0.25, 0.3) is 0 Å². The van der Waals surface area contributed by atoms with Gasteiger partial charge in [-0.05, 0) is 29.8 Å². The Labute approximate surface area is 106 Å². The zero-order chi connectivity index (χ0) is 13.0. The molecule has 0 saturated carbocycles.